The minimum atomic E-state index is -1.36. The summed E-state index contributed by atoms with van der Waals surface area (Å²) in [6.07, 6.45) is 4.03. The molecule has 1 unspecified atom stereocenters. The SMILES string of the molecule is CCCCC[P+](N)=O. The Morgan fingerprint density at radius 1 is 1.50 bits per heavy atom. The lowest BCUT2D eigenvalue weighted by atomic mass is 10.3. The van der Waals surface area contributed by atoms with Gasteiger partial charge in [-0.15, -0.1) is 5.50 Å². The van der Waals surface area contributed by atoms with Crippen LogP contribution in [0.25, 0.3) is 0 Å². The van der Waals surface area contributed by atoms with E-state index in [1.165, 1.54) is 6.42 Å². The quantitative estimate of drug-likeness (QED) is 0.471. The van der Waals surface area contributed by atoms with Gasteiger partial charge in [0.2, 0.25) is 0 Å². The summed E-state index contributed by atoms with van der Waals surface area (Å²) >= 11 is 0. The van der Waals surface area contributed by atoms with Crippen molar-refractivity contribution in [2.45, 2.75) is 26.2 Å². The Bertz CT molecular complexity index is 74.8. The first kappa shape index (κ1) is 8.06. The van der Waals surface area contributed by atoms with Gasteiger partial charge in [0.15, 0.2) is 6.16 Å². The van der Waals surface area contributed by atoms with Crippen molar-refractivity contribution in [1.82, 2.24) is 0 Å². The van der Waals surface area contributed by atoms with E-state index >= 15 is 0 Å². The van der Waals surface area contributed by atoms with Crippen LogP contribution in [0.2, 0.25) is 0 Å². The molecule has 2 N–H and O–H groups in total. The molecule has 0 aromatic heterocycles. The average molecular weight is 134 g/mol. The predicted octanol–water partition coefficient (Wildman–Crippen LogP) is 1.88. The van der Waals surface area contributed by atoms with Crippen LogP contribution < -0.4 is 5.50 Å². The molecule has 0 fully saturated rings. The van der Waals surface area contributed by atoms with Crippen molar-refractivity contribution in [2.75, 3.05) is 6.16 Å². The maximum atomic E-state index is 10.2. The van der Waals surface area contributed by atoms with Gasteiger partial charge >= 0.3 is 7.95 Å². The van der Waals surface area contributed by atoms with Crippen LogP contribution in [-0.4, -0.2) is 6.16 Å². The van der Waals surface area contributed by atoms with Gasteiger partial charge in [0.05, 0.1) is 0 Å². The summed E-state index contributed by atoms with van der Waals surface area (Å²) in [6.45, 7) is 2.11. The van der Waals surface area contributed by atoms with E-state index in [4.69, 9.17) is 5.50 Å². The molecule has 8 heavy (non-hydrogen) atoms. The standard InChI is InChI=1S/C5H13NOP/c1-2-3-4-5-8(6)7/h2-5H2,1H3,(H2,6,7)/q+1. The Morgan fingerprint density at radius 2 is 2.12 bits per heavy atom. The average Bonchev–Trinajstić information content (AvgIpc) is 1.66. The molecule has 0 aliphatic rings. The Balaban J connectivity index is 2.82. The van der Waals surface area contributed by atoms with E-state index in [-0.39, 0.29) is 0 Å². The van der Waals surface area contributed by atoms with Gasteiger partial charge in [0.25, 0.3) is 0 Å². The van der Waals surface area contributed by atoms with Gasteiger partial charge in [0.1, 0.15) is 0 Å². The summed E-state index contributed by atoms with van der Waals surface area (Å²) in [6, 6.07) is 0. The monoisotopic (exact) mass is 134 g/mol. The second-order valence-corrected chi connectivity index (χ2v) is 3.13. The zero-order valence-corrected chi connectivity index (χ0v) is 6.16. The third-order valence-corrected chi connectivity index (χ3v) is 1.74. The molecule has 0 aliphatic heterocycles. The molecule has 0 saturated heterocycles. The fourth-order valence-corrected chi connectivity index (χ4v) is 1.05. The molecule has 0 bridgehead atoms. The van der Waals surface area contributed by atoms with Crippen molar-refractivity contribution in [3.8, 4) is 0 Å². The van der Waals surface area contributed by atoms with E-state index in [1.54, 1.807) is 0 Å². The van der Waals surface area contributed by atoms with Crippen molar-refractivity contribution in [3.05, 3.63) is 0 Å². The minimum Gasteiger partial charge on any atom is -0.122 e. The zero-order chi connectivity index (χ0) is 6.41. The molecule has 0 spiro atoms. The molecular weight excluding hydrogens is 121 g/mol. The summed E-state index contributed by atoms with van der Waals surface area (Å²) < 4.78 is 10.2. The molecule has 0 radical (unpaired) electrons. The van der Waals surface area contributed by atoms with Gasteiger partial charge in [0, 0.05) is 0 Å². The molecule has 0 amide bonds. The lowest BCUT2D eigenvalue weighted by Gasteiger charge is -1.83. The molecule has 0 aromatic carbocycles. The van der Waals surface area contributed by atoms with E-state index in [0.717, 1.165) is 12.8 Å². The van der Waals surface area contributed by atoms with Crippen molar-refractivity contribution in [1.29, 1.82) is 0 Å². The highest BCUT2D eigenvalue weighted by atomic mass is 31.1. The summed E-state index contributed by atoms with van der Waals surface area (Å²) in [7, 11) is -1.36. The van der Waals surface area contributed by atoms with Gasteiger partial charge in [-0.1, -0.05) is 17.9 Å². The fraction of sp³-hybridized carbons (Fsp3) is 1.00. The maximum absolute atomic E-state index is 10.2. The maximum Gasteiger partial charge on any atom is 0.429 e. The van der Waals surface area contributed by atoms with Crippen LogP contribution in [0.5, 0.6) is 0 Å². The molecule has 1 atom stereocenters. The van der Waals surface area contributed by atoms with Crippen molar-refractivity contribution in [3.63, 3.8) is 0 Å². The van der Waals surface area contributed by atoms with E-state index in [1.807, 2.05) is 0 Å². The largest absolute Gasteiger partial charge is 0.429 e. The van der Waals surface area contributed by atoms with E-state index in [0.29, 0.717) is 6.16 Å². The minimum absolute atomic E-state index is 0.698. The number of rotatable bonds is 4. The lowest BCUT2D eigenvalue weighted by molar-refractivity contribution is 0.586. The Morgan fingerprint density at radius 3 is 2.50 bits per heavy atom. The van der Waals surface area contributed by atoms with Gasteiger partial charge < -0.3 is 0 Å². The summed E-state index contributed by atoms with van der Waals surface area (Å²) in [5, 5.41) is 0. The first-order chi connectivity index (χ1) is 3.77. The molecule has 48 valence electrons. The van der Waals surface area contributed by atoms with Crippen LogP contribution in [0.15, 0.2) is 0 Å². The highest BCUT2D eigenvalue weighted by Crippen LogP contribution is 2.10. The highest BCUT2D eigenvalue weighted by Gasteiger charge is 2.03. The Labute approximate surface area is 51.3 Å². The van der Waals surface area contributed by atoms with Crippen LogP contribution in [0.3, 0.4) is 0 Å². The van der Waals surface area contributed by atoms with Crippen molar-refractivity contribution < 1.29 is 4.57 Å². The molecule has 0 aromatic rings. The molecule has 2 nitrogen and oxygen atoms in total. The van der Waals surface area contributed by atoms with E-state index < -0.39 is 7.95 Å². The zero-order valence-electron chi connectivity index (χ0n) is 5.26. The molecule has 0 heterocycles. The van der Waals surface area contributed by atoms with Gasteiger partial charge in [-0.2, -0.15) is 0 Å². The van der Waals surface area contributed by atoms with Gasteiger partial charge in [-0.05, 0) is 12.8 Å². The number of hydrogen-bond acceptors (Lipinski definition) is 1. The Kier molecular flexibility index (Phi) is 5.24. The third kappa shape index (κ3) is 6.06. The van der Waals surface area contributed by atoms with Crippen LogP contribution in [-0.2, 0) is 4.57 Å². The van der Waals surface area contributed by atoms with E-state index in [2.05, 4.69) is 6.92 Å². The molecule has 0 saturated carbocycles. The highest BCUT2D eigenvalue weighted by molar-refractivity contribution is 7.41. The Hall–Kier alpha value is 0.0600. The topological polar surface area (TPSA) is 43.1 Å². The molecule has 0 rings (SSSR count). The van der Waals surface area contributed by atoms with E-state index in [9.17, 15) is 4.57 Å². The van der Waals surface area contributed by atoms with Crippen LogP contribution in [0, 0.1) is 0 Å². The predicted molar refractivity (Wildman–Crippen MR) is 36.2 cm³/mol. The molecule has 0 aliphatic carbocycles. The number of nitrogens with two attached hydrogens (primary N) is 1. The smallest absolute Gasteiger partial charge is 0.122 e. The van der Waals surface area contributed by atoms with Gasteiger partial charge in [-0.25, -0.2) is 0 Å². The van der Waals surface area contributed by atoms with Crippen LogP contribution in [0.1, 0.15) is 26.2 Å². The van der Waals surface area contributed by atoms with Crippen LogP contribution >= 0.6 is 7.95 Å². The number of unbranched alkanes of at least 4 members (excludes halogenated alkanes) is 2. The van der Waals surface area contributed by atoms with Crippen molar-refractivity contribution >= 4 is 7.95 Å². The third-order valence-electron chi connectivity index (χ3n) is 0.982. The van der Waals surface area contributed by atoms with Crippen LogP contribution in [0.4, 0.5) is 0 Å². The number of hydrogen-bond donors (Lipinski definition) is 1. The fourth-order valence-electron chi connectivity index (χ4n) is 0.518. The lowest BCUT2D eigenvalue weighted by Crippen LogP contribution is -1.84. The second-order valence-electron chi connectivity index (χ2n) is 1.85. The summed E-state index contributed by atoms with van der Waals surface area (Å²) in [5.41, 5.74) is 5.04. The summed E-state index contributed by atoms with van der Waals surface area (Å²) in [4.78, 5) is 0. The van der Waals surface area contributed by atoms with Gasteiger partial charge in [-0.3, -0.25) is 0 Å². The molecule has 3 heteroatoms. The van der Waals surface area contributed by atoms with Crippen molar-refractivity contribution in [2.24, 2.45) is 5.50 Å². The summed E-state index contributed by atoms with van der Waals surface area (Å²) in [5.74, 6) is 0. The first-order valence-electron chi connectivity index (χ1n) is 2.96. The molecular formula is C5H13NOP+. The normalized spacial score (nSPS) is 11.5. The second kappa shape index (κ2) is 5.20. The first-order valence-corrected chi connectivity index (χ1v) is 4.48.